The third-order valence-electron chi connectivity index (χ3n) is 7.86. The Morgan fingerprint density at radius 1 is 1.14 bits per heavy atom. The van der Waals surface area contributed by atoms with Gasteiger partial charge in [0.2, 0.25) is 0 Å². The van der Waals surface area contributed by atoms with Crippen LogP contribution in [0.5, 0.6) is 0 Å². The first kappa shape index (κ1) is 23.3. The van der Waals surface area contributed by atoms with Crippen molar-refractivity contribution < 1.29 is 9.90 Å². The van der Waals surface area contributed by atoms with E-state index in [9.17, 15) is 15.2 Å². The van der Waals surface area contributed by atoms with Crippen molar-refractivity contribution in [3.05, 3.63) is 71.3 Å². The number of aromatic nitrogens is 3. The van der Waals surface area contributed by atoms with Gasteiger partial charge in [0.05, 0.1) is 57.8 Å². The summed E-state index contributed by atoms with van der Waals surface area (Å²) >= 11 is 0. The molecule has 7 nitrogen and oxygen atoms in total. The number of amides is 1. The van der Waals surface area contributed by atoms with Crippen molar-refractivity contribution in [1.82, 2.24) is 14.8 Å². The van der Waals surface area contributed by atoms with Crippen LogP contribution in [-0.2, 0) is 5.41 Å². The number of aliphatic hydroxyl groups is 1. The van der Waals surface area contributed by atoms with Gasteiger partial charge < -0.3 is 10.4 Å². The molecular formula is C28H31N5O2. The van der Waals surface area contributed by atoms with E-state index >= 15 is 0 Å². The van der Waals surface area contributed by atoms with Gasteiger partial charge in [-0.2, -0.15) is 10.4 Å². The van der Waals surface area contributed by atoms with E-state index < -0.39 is 11.0 Å². The highest BCUT2D eigenvalue weighted by Crippen LogP contribution is 2.43. The second kappa shape index (κ2) is 8.94. The molecule has 2 N–H and O–H groups in total. The summed E-state index contributed by atoms with van der Waals surface area (Å²) in [4.78, 5) is 17.5. The van der Waals surface area contributed by atoms with Crippen molar-refractivity contribution in [2.45, 2.75) is 75.7 Å². The van der Waals surface area contributed by atoms with Crippen molar-refractivity contribution in [3.63, 3.8) is 0 Å². The molecule has 2 saturated carbocycles. The highest BCUT2D eigenvalue weighted by Gasteiger charge is 2.43. The maximum absolute atomic E-state index is 13.0. The fourth-order valence-electron chi connectivity index (χ4n) is 5.07. The van der Waals surface area contributed by atoms with Crippen molar-refractivity contribution in [2.75, 3.05) is 5.32 Å². The normalized spacial score (nSPS) is 24.1. The molecule has 5 rings (SSSR count). The van der Waals surface area contributed by atoms with Crippen LogP contribution in [0.1, 0.15) is 85.1 Å². The van der Waals surface area contributed by atoms with Gasteiger partial charge in [-0.25, -0.2) is 4.68 Å². The molecule has 1 aromatic carbocycles. The van der Waals surface area contributed by atoms with Crippen LogP contribution in [0.4, 0.5) is 5.69 Å². The third-order valence-corrected chi connectivity index (χ3v) is 7.86. The molecule has 0 bridgehead atoms. The predicted octanol–water partition coefficient (Wildman–Crippen LogP) is 5.18. The first-order chi connectivity index (χ1) is 16.9. The molecule has 3 aromatic rings. The molecule has 2 aliphatic rings. The summed E-state index contributed by atoms with van der Waals surface area (Å²) in [6, 6.07) is 14.4. The molecule has 0 atom stereocenters. The predicted molar refractivity (Wildman–Crippen MR) is 133 cm³/mol. The molecular weight excluding hydrogens is 438 g/mol. The molecule has 180 valence electrons. The molecule has 7 heteroatoms. The van der Waals surface area contributed by atoms with Gasteiger partial charge in [-0.1, -0.05) is 19.1 Å². The van der Waals surface area contributed by atoms with E-state index in [-0.39, 0.29) is 5.91 Å². The van der Waals surface area contributed by atoms with Gasteiger partial charge in [-0.3, -0.25) is 9.78 Å². The van der Waals surface area contributed by atoms with Gasteiger partial charge in [0, 0.05) is 0 Å². The molecule has 35 heavy (non-hydrogen) atoms. The average molecular weight is 470 g/mol. The van der Waals surface area contributed by atoms with E-state index in [1.807, 2.05) is 19.9 Å². The Morgan fingerprint density at radius 3 is 2.43 bits per heavy atom. The Labute approximate surface area is 205 Å². The lowest BCUT2D eigenvalue weighted by atomic mass is 9.67. The number of nitriles is 1. The van der Waals surface area contributed by atoms with E-state index in [0.717, 1.165) is 11.4 Å². The number of hydrogen-bond donors (Lipinski definition) is 2. The first-order valence-electron chi connectivity index (χ1n) is 12.4. The lowest BCUT2D eigenvalue weighted by Gasteiger charge is -2.39. The Kier molecular flexibility index (Phi) is 5.94. The zero-order valence-electron chi connectivity index (χ0n) is 20.3. The van der Waals surface area contributed by atoms with Crippen LogP contribution in [-0.4, -0.2) is 31.4 Å². The van der Waals surface area contributed by atoms with E-state index in [4.69, 9.17) is 0 Å². The minimum absolute atomic E-state index is 0.251. The Morgan fingerprint density at radius 2 is 1.86 bits per heavy atom. The molecule has 2 heterocycles. The van der Waals surface area contributed by atoms with Crippen LogP contribution in [0.2, 0.25) is 0 Å². The number of carbonyl (C=O) groups is 1. The zero-order valence-corrected chi connectivity index (χ0v) is 20.3. The fourth-order valence-corrected chi connectivity index (χ4v) is 5.07. The van der Waals surface area contributed by atoms with Crippen LogP contribution in [0.25, 0.3) is 5.69 Å². The van der Waals surface area contributed by atoms with E-state index in [1.54, 1.807) is 23.1 Å². The Bertz CT molecular complexity index is 1260. The number of nitrogens with zero attached hydrogens (tertiary/aromatic N) is 4. The quantitative estimate of drug-likeness (QED) is 0.518. The number of anilines is 1. The molecule has 0 spiro atoms. The molecule has 0 unspecified atom stereocenters. The number of carbonyl (C=O) groups excluding carboxylic acids is 1. The second-order valence-corrected chi connectivity index (χ2v) is 10.1. The average Bonchev–Trinajstić information content (AvgIpc) is 3.67. The van der Waals surface area contributed by atoms with Gasteiger partial charge >= 0.3 is 0 Å². The first-order valence-corrected chi connectivity index (χ1v) is 12.4. The highest BCUT2D eigenvalue weighted by atomic mass is 16.3. The molecule has 0 radical (unpaired) electrons. The van der Waals surface area contributed by atoms with E-state index in [2.05, 4.69) is 45.7 Å². The Hall–Kier alpha value is -3.50. The number of pyridine rings is 1. The van der Waals surface area contributed by atoms with Gasteiger partial charge in [-0.15, -0.1) is 0 Å². The highest BCUT2D eigenvalue weighted by molar-refractivity contribution is 6.04. The minimum Gasteiger partial charge on any atom is -0.390 e. The summed E-state index contributed by atoms with van der Waals surface area (Å²) in [6.45, 7) is 3.86. The Balaban J connectivity index is 1.28. The summed E-state index contributed by atoms with van der Waals surface area (Å²) in [5.41, 5.74) is 3.43. The number of benzene rings is 1. The topological polar surface area (TPSA) is 104 Å². The smallest absolute Gasteiger partial charge is 0.259 e. The van der Waals surface area contributed by atoms with Gasteiger partial charge in [0.25, 0.3) is 5.91 Å². The van der Waals surface area contributed by atoms with E-state index in [0.29, 0.717) is 55.0 Å². The standard InChI is InChI=1S/C28H31N5O2/c1-3-28(35)14-12-27(18-29,13-15-28)25-11-8-22(16-30-25)32-26(34)24-17-31-33(19(24)2)23-9-6-21(7-10-23)20-4-5-20/h6-11,16-17,20,35H,3-5,12-15H2,1-2H3,(H,32,34)/t27-,28-. The van der Waals surface area contributed by atoms with Crippen LogP contribution in [0, 0.1) is 18.3 Å². The van der Waals surface area contributed by atoms with E-state index in [1.165, 1.54) is 18.4 Å². The molecule has 0 saturated heterocycles. The molecule has 2 fully saturated rings. The van der Waals surface area contributed by atoms with Crippen LogP contribution in [0.15, 0.2) is 48.8 Å². The molecule has 2 aliphatic carbocycles. The van der Waals surface area contributed by atoms with Crippen LogP contribution >= 0.6 is 0 Å². The minimum atomic E-state index is -0.698. The SMILES string of the molecule is CC[C@]1(O)CC[C@](C#N)(c2ccc(NC(=O)c3cnn(-c4ccc(C5CC5)cc4)c3C)cn2)CC1. The summed E-state index contributed by atoms with van der Waals surface area (Å²) in [5.74, 6) is 0.448. The summed E-state index contributed by atoms with van der Waals surface area (Å²) in [5, 5.41) is 27.8. The summed E-state index contributed by atoms with van der Waals surface area (Å²) in [6.07, 6.45) is 8.73. The monoisotopic (exact) mass is 469 g/mol. The van der Waals surface area contributed by atoms with Crippen molar-refractivity contribution in [1.29, 1.82) is 5.26 Å². The maximum Gasteiger partial charge on any atom is 0.259 e. The molecule has 1 amide bonds. The number of rotatable bonds is 6. The van der Waals surface area contributed by atoms with Crippen molar-refractivity contribution >= 4 is 11.6 Å². The largest absolute Gasteiger partial charge is 0.390 e. The zero-order chi connectivity index (χ0) is 24.6. The van der Waals surface area contributed by atoms with Gasteiger partial charge in [0.15, 0.2) is 0 Å². The van der Waals surface area contributed by atoms with Crippen molar-refractivity contribution in [2.24, 2.45) is 0 Å². The van der Waals surface area contributed by atoms with Crippen molar-refractivity contribution in [3.8, 4) is 11.8 Å². The molecule has 0 aliphatic heterocycles. The summed E-state index contributed by atoms with van der Waals surface area (Å²) < 4.78 is 1.78. The fraction of sp³-hybridized carbons (Fsp3) is 0.429. The third kappa shape index (κ3) is 4.46. The van der Waals surface area contributed by atoms with Gasteiger partial charge in [-0.05, 0) is 87.6 Å². The van der Waals surface area contributed by atoms with Crippen LogP contribution < -0.4 is 5.32 Å². The lowest BCUT2D eigenvalue weighted by molar-refractivity contribution is -0.0124. The van der Waals surface area contributed by atoms with Gasteiger partial charge in [0.1, 0.15) is 0 Å². The number of nitrogens with one attached hydrogen (secondary N) is 1. The lowest BCUT2D eigenvalue weighted by Crippen LogP contribution is -2.40. The van der Waals surface area contributed by atoms with Crippen LogP contribution in [0.3, 0.4) is 0 Å². The molecule has 2 aromatic heterocycles. The number of hydrogen-bond acceptors (Lipinski definition) is 5. The summed E-state index contributed by atoms with van der Waals surface area (Å²) in [7, 11) is 0. The second-order valence-electron chi connectivity index (χ2n) is 10.1. The maximum atomic E-state index is 13.0.